The highest BCUT2D eigenvalue weighted by molar-refractivity contribution is 8.03. The van der Waals surface area contributed by atoms with Crippen molar-refractivity contribution in [1.82, 2.24) is 20.2 Å². The number of aliphatic hydroxyl groups excluding tert-OH is 1. The van der Waals surface area contributed by atoms with Crippen LogP contribution in [0.25, 0.3) is 0 Å². The van der Waals surface area contributed by atoms with Gasteiger partial charge in [-0.2, -0.15) is 5.10 Å². The van der Waals surface area contributed by atoms with E-state index in [0.717, 1.165) is 72.6 Å². The second kappa shape index (κ2) is 10.6. The Balaban J connectivity index is 0.00000124. The van der Waals surface area contributed by atoms with Crippen LogP contribution in [0.4, 0.5) is 17.5 Å². The number of aliphatic hydroxyl groups is 1. The molecular weight excluding hydrogens is 396 g/mol. The third-order valence-electron chi connectivity index (χ3n) is 4.99. The number of nitrogens with one attached hydrogen (secondary N) is 2. The Labute approximate surface area is 183 Å². The van der Waals surface area contributed by atoms with Crippen LogP contribution in [0.5, 0.6) is 0 Å². The van der Waals surface area contributed by atoms with E-state index >= 15 is 0 Å². The summed E-state index contributed by atoms with van der Waals surface area (Å²) in [6.07, 6.45) is 10.0. The van der Waals surface area contributed by atoms with E-state index in [0.29, 0.717) is 0 Å². The zero-order chi connectivity index (χ0) is 21.5. The third-order valence-corrected chi connectivity index (χ3v) is 5.89. The van der Waals surface area contributed by atoms with Crippen molar-refractivity contribution in [3.63, 3.8) is 0 Å². The molecule has 1 aliphatic carbocycles. The summed E-state index contributed by atoms with van der Waals surface area (Å²) in [7, 11) is 0. The molecular formula is C22H32N6OS. The number of rotatable bonds is 5. The van der Waals surface area contributed by atoms with E-state index in [4.69, 9.17) is 9.97 Å². The SMILES string of the molecule is CC.Cc1cc(Nc2nc(SC3=CCCC=C3)nc(N3CCC(O)CC3)c2C)n[nH]1. The molecule has 3 heterocycles. The van der Waals surface area contributed by atoms with Crippen LogP contribution in [0.3, 0.4) is 0 Å². The Bertz CT molecular complexity index is 899. The van der Waals surface area contributed by atoms with Gasteiger partial charge in [-0.3, -0.25) is 5.10 Å². The number of nitrogens with zero attached hydrogens (tertiary/aromatic N) is 4. The summed E-state index contributed by atoms with van der Waals surface area (Å²) >= 11 is 1.59. The first-order valence-corrected chi connectivity index (χ1v) is 11.6. The Morgan fingerprint density at radius 1 is 1.17 bits per heavy atom. The molecule has 2 aliphatic rings. The van der Waals surface area contributed by atoms with Crippen LogP contribution in [0, 0.1) is 13.8 Å². The summed E-state index contributed by atoms with van der Waals surface area (Å²) in [5, 5.41) is 21.2. The number of H-pyrrole nitrogens is 1. The van der Waals surface area contributed by atoms with E-state index in [9.17, 15) is 5.11 Å². The highest BCUT2D eigenvalue weighted by atomic mass is 32.2. The molecule has 3 N–H and O–H groups in total. The highest BCUT2D eigenvalue weighted by Crippen LogP contribution is 2.34. The Morgan fingerprint density at radius 3 is 2.57 bits per heavy atom. The van der Waals surface area contributed by atoms with Gasteiger partial charge in [-0.25, -0.2) is 9.97 Å². The molecule has 0 unspecified atom stereocenters. The maximum Gasteiger partial charge on any atom is 0.196 e. The molecule has 2 aromatic rings. The average molecular weight is 429 g/mol. The Hall–Kier alpha value is -2.32. The van der Waals surface area contributed by atoms with E-state index in [1.54, 1.807) is 11.8 Å². The van der Waals surface area contributed by atoms with Gasteiger partial charge in [0.25, 0.3) is 0 Å². The number of hydrogen-bond donors (Lipinski definition) is 3. The van der Waals surface area contributed by atoms with Crippen molar-refractivity contribution in [2.75, 3.05) is 23.3 Å². The van der Waals surface area contributed by atoms with Crippen molar-refractivity contribution >= 4 is 29.2 Å². The first-order valence-electron chi connectivity index (χ1n) is 10.7. The van der Waals surface area contributed by atoms with Crippen LogP contribution >= 0.6 is 11.8 Å². The minimum Gasteiger partial charge on any atom is -0.393 e. The number of thioether (sulfide) groups is 1. The standard InChI is InChI=1S/C20H26N6OS.C2H6/c1-13-12-17(25-24-13)21-18-14(2)19(26-10-8-15(27)9-11-26)23-20(22-18)28-16-6-4-3-5-7-16;1-2/h4,6-7,12,15,27H,3,5,8-11H2,1-2H3,(H2,21,22,23,24,25);1-2H3. The van der Waals surface area contributed by atoms with Crippen molar-refractivity contribution in [3.05, 3.63) is 40.5 Å². The van der Waals surface area contributed by atoms with Gasteiger partial charge >= 0.3 is 0 Å². The van der Waals surface area contributed by atoms with Crippen molar-refractivity contribution in [3.8, 4) is 0 Å². The molecule has 7 nitrogen and oxygen atoms in total. The van der Waals surface area contributed by atoms with Gasteiger partial charge in [-0.15, -0.1) is 0 Å². The molecule has 162 valence electrons. The number of hydrogen-bond acceptors (Lipinski definition) is 7. The first kappa shape index (κ1) is 22.4. The summed E-state index contributed by atoms with van der Waals surface area (Å²) in [6.45, 7) is 9.61. The van der Waals surface area contributed by atoms with E-state index in [1.807, 2.05) is 33.8 Å². The monoisotopic (exact) mass is 428 g/mol. The fourth-order valence-electron chi connectivity index (χ4n) is 3.41. The lowest BCUT2D eigenvalue weighted by molar-refractivity contribution is 0.145. The maximum absolute atomic E-state index is 9.86. The minimum absolute atomic E-state index is 0.214. The molecule has 0 radical (unpaired) electrons. The van der Waals surface area contributed by atoms with Crippen molar-refractivity contribution in [1.29, 1.82) is 0 Å². The number of aromatic amines is 1. The second-order valence-electron chi connectivity index (χ2n) is 7.27. The summed E-state index contributed by atoms with van der Waals surface area (Å²) in [5.41, 5.74) is 1.99. The van der Waals surface area contributed by atoms with E-state index in [1.165, 1.54) is 4.91 Å². The molecule has 1 saturated heterocycles. The number of allylic oxidation sites excluding steroid dienone is 3. The van der Waals surface area contributed by atoms with Crippen LogP contribution in [-0.2, 0) is 0 Å². The Kier molecular flexibility index (Phi) is 7.93. The summed E-state index contributed by atoms with van der Waals surface area (Å²) in [5.74, 6) is 2.44. The molecule has 1 aliphatic heterocycles. The largest absolute Gasteiger partial charge is 0.393 e. The average Bonchev–Trinajstić information content (AvgIpc) is 3.18. The van der Waals surface area contributed by atoms with Gasteiger partial charge in [0.2, 0.25) is 0 Å². The quantitative estimate of drug-likeness (QED) is 0.585. The molecule has 1 fully saturated rings. The smallest absolute Gasteiger partial charge is 0.196 e. The molecule has 0 saturated carbocycles. The van der Waals surface area contributed by atoms with Crippen LogP contribution < -0.4 is 10.2 Å². The lowest BCUT2D eigenvalue weighted by atomic mass is 10.1. The van der Waals surface area contributed by atoms with Crippen LogP contribution in [0.2, 0.25) is 0 Å². The van der Waals surface area contributed by atoms with Crippen LogP contribution in [-0.4, -0.2) is 44.5 Å². The lowest BCUT2D eigenvalue weighted by Gasteiger charge is -2.32. The fourth-order valence-corrected chi connectivity index (χ4v) is 4.26. The third kappa shape index (κ3) is 5.64. The molecule has 8 heteroatoms. The number of aromatic nitrogens is 4. The van der Waals surface area contributed by atoms with Crippen LogP contribution in [0.1, 0.15) is 50.8 Å². The molecule has 0 amide bonds. The predicted molar refractivity (Wildman–Crippen MR) is 124 cm³/mol. The number of aryl methyl sites for hydroxylation is 1. The maximum atomic E-state index is 9.86. The number of anilines is 3. The van der Waals surface area contributed by atoms with Crippen LogP contribution in [0.15, 0.2) is 34.4 Å². The van der Waals surface area contributed by atoms with E-state index in [2.05, 4.69) is 38.6 Å². The molecule has 30 heavy (non-hydrogen) atoms. The van der Waals surface area contributed by atoms with Gasteiger partial charge < -0.3 is 15.3 Å². The second-order valence-corrected chi connectivity index (χ2v) is 8.31. The zero-order valence-electron chi connectivity index (χ0n) is 18.3. The summed E-state index contributed by atoms with van der Waals surface area (Å²) in [6, 6.07) is 1.96. The minimum atomic E-state index is -0.214. The summed E-state index contributed by atoms with van der Waals surface area (Å²) < 4.78 is 0. The van der Waals surface area contributed by atoms with E-state index in [-0.39, 0.29) is 6.10 Å². The molecule has 0 aromatic carbocycles. The predicted octanol–water partition coefficient (Wildman–Crippen LogP) is 4.87. The Morgan fingerprint density at radius 2 is 1.93 bits per heavy atom. The molecule has 0 spiro atoms. The van der Waals surface area contributed by atoms with Gasteiger partial charge in [0.15, 0.2) is 11.0 Å². The van der Waals surface area contributed by atoms with Gasteiger partial charge in [0.05, 0.1) is 6.10 Å². The topological polar surface area (TPSA) is 90.0 Å². The van der Waals surface area contributed by atoms with E-state index < -0.39 is 0 Å². The van der Waals surface area contributed by atoms with Gasteiger partial charge in [-0.05, 0) is 39.5 Å². The van der Waals surface area contributed by atoms with Gasteiger partial charge in [0, 0.05) is 35.3 Å². The van der Waals surface area contributed by atoms with Crippen molar-refractivity contribution in [2.45, 2.75) is 64.6 Å². The summed E-state index contributed by atoms with van der Waals surface area (Å²) in [4.78, 5) is 13.1. The van der Waals surface area contributed by atoms with Crippen molar-refractivity contribution < 1.29 is 5.11 Å². The number of piperidine rings is 1. The molecule has 2 aromatic heterocycles. The highest BCUT2D eigenvalue weighted by Gasteiger charge is 2.23. The molecule has 0 atom stereocenters. The molecule has 0 bridgehead atoms. The lowest BCUT2D eigenvalue weighted by Crippen LogP contribution is -2.37. The molecule has 4 rings (SSSR count). The van der Waals surface area contributed by atoms with Crippen molar-refractivity contribution in [2.24, 2.45) is 0 Å². The first-order chi connectivity index (χ1) is 14.6. The normalized spacial score (nSPS) is 16.7. The fraction of sp³-hybridized carbons (Fsp3) is 0.500. The van der Waals surface area contributed by atoms with Gasteiger partial charge in [-0.1, -0.05) is 43.8 Å². The van der Waals surface area contributed by atoms with Gasteiger partial charge in [0.1, 0.15) is 11.6 Å². The zero-order valence-corrected chi connectivity index (χ0v) is 19.1.